The molecule has 4 nitrogen and oxygen atoms in total. The van der Waals surface area contributed by atoms with Crippen LogP contribution in [0.5, 0.6) is 0 Å². The van der Waals surface area contributed by atoms with Crippen LogP contribution >= 0.6 is 0 Å². The predicted molar refractivity (Wildman–Crippen MR) is 116 cm³/mol. The van der Waals surface area contributed by atoms with Gasteiger partial charge in [-0.2, -0.15) is 0 Å². The summed E-state index contributed by atoms with van der Waals surface area (Å²) in [5.41, 5.74) is 8.17. The first-order valence-electron chi connectivity index (χ1n) is 9.79. The first kappa shape index (κ1) is 17.7. The molecule has 4 heteroatoms. The van der Waals surface area contributed by atoms with E-state index in [4.69, 9.17) is 0 Å². The standard InChI is InChI=1S/C25H22N2O2/c1-13-5-7-16-20(9-13)27-24-22(16)23(29)18-10-14(2)17(11-19(18)25(24,3)4)15-6-8-21(28)26-12-15/h5-12,27H,1-4H3,(H,26,28). The van der Waals surface area contributed by atoms with Crippen LogP contribution < -0.4 is 5.56 Å². The highest BCUT2D eigenvalue weighted by atomic mass is 16.1. The van der Waals surface area contributed by atoms with Gasteiger partial charge >= 0.3 is 0 Å². The molecule has 2 aromatic heterocycles. The van der Waals surface area contributed by atoms with Gasteiger partial charge < -0.3 is 9.97 Å². The third kappa shape index (κ3) is 2.45. The summed E-state index contributed by atoms with van der Waals surface area (Å²) in [4.78, 5) is 31.3. The lowest BCUT2D eigenvalue weighted by Gasteiger charge is -2.33. The fraction of sp³-hybridized carbons (Fsp3) is 0.200. The Morgan fingerprint density at radius 1 is 0.897 bits per heavy atom. The lowest BCUT2D eigenvalue weighted by molar-refractivity contribution is 0.103. The highest BCUT2D eigenvalue weighted by molar-refractivity contribution is 6.20. The van der Waals surface area contributed by atoms with Gasteiger partial charge in [-0.25, -0.2) is 0 Å². The van der Waals surface area contributed by atoms with Crippen LogP contribution in [0.2, 0.25) is 0 Å². The largest absolute Gasteiger partial charge is 0.357 e. The number of rotatable bonds is 1. The van der Waals surface area contributed by atoms with Crippen molar-refractivity contribution in [2.75, 3.05) is 0 Å². The number of fused-ring (bicyclic) bond motifs is 4. The number of ketones is 1. The molecule has 2 aromatic carbocycles. The van der Waals surface area contributed by atoms with Crippen molar-refractivity contribution >= 4 is 16.7 Å². The second-order valence-electron chi connectivity index (χ2n) is 8.53. The van der Waals surface area contributed by atoms with E-state index in [1.165, 1.54) is 6.07 Å². The highest BCUT2D eigenvalue weighted by Crippen LogP contribution is 2.45. The van der Waals surface area contributed by atoms with Crippen molar-refractivity contribution in [3.8, 4) is 11.1 Å². The zero-order chi connectivity index (χ0) is 20.5. The van der Waals surface area contributed by atoms with Crippen molar-refractivity contribution in [3.05, 3.63) is 92.5 Å². The van der Waals surface area contributed by atoms with Gasteiger partial charge in [-0.05, 0) is 65.9 Å². The summed E-state index contributed by atoms with van der Waals surface area (Å²) >= 11 is 0. The van der Waals surface area contributed by atoms with E-state index in [2.05, 4.69) is 48.9 Å². The maximum absolute atomic E-state index is 13.5. The maximum Gasteiger partial charge on any atom is 0.247 e. The van der Waals surface area contributed by atoms with Crippen LogP contribution in [0.1, 0.15) is 52.2 Å². The fourth-order valence-electron chi connectivity index (χ4n) is 4.59. The fourth-order valence-corrected chi connectivity index (χ4v) is 4.59. The smallest absolute Gasteiger partial charge is 0.247 e. The van der Waals surface area contributed by atoms with Crippen LogP contribution in [0, 0.1) is 13.8 Å². The molecule has 0 saturated carbocycles. The van der Waals surface area contributed by atoms with Gasteiger partial charge in [0.2, 0.25) is 5.56 Å². The third-order valence-corrected chi connectivity index (χ3v) is 6.18. The van der Waals surface area contributed by atoms with Crippen molar-refractivity contribution in [2.45, 2.75) is 33.1 Å². The monoisotopic (exact) mass is 382 g/mol. The van der Waals surface area contributed by atoms with Crippen molar-refractivity contribution in [1.29, 1.82) is 0 Å². The molecule has 0 aliphatic heterocycles. The van der Waals surface area contributed by atoms with E-state index in [-0.39, 0.29) is 16.8 Å². The molecule has 2 N–H and O–H groups in total. The average Bonchev–Trinajstić information content (AvgIpc) is 3.06. The van der Waals surface area contributed by atoms with Crippen LogP contribution in [-0.2, 0) is 5.41 Å². The van der Waals surface area contributed by atoms with Gasteiger partial charge in [0, 0.05) is 39.8 Å². The van der Waals surface area contributed by atoms with Crippen LogP contribution in [-0.4, -0.2) is 15.8 Å². The van der Waals surface area contributed by atoms with E-state index < -0.39 is 0 Å². The molecule has 29 heavy (non-hydrogen) atoms. The minimum atomic E-state index is -0.351. The molecule has 0 saturated heterocycles. The summed E-state index contributed by atoms with van der Waals surface area (Å²) in [6.07, 6.45) is 1.73. The van der Waals surface area contributed by atoms with Crippen LogP contribution in [0.25, 0.3) is 22.0 Å². The first-order valence-corrected chi connectivity index (χ1v) is 9.79. The van der Waals surface area contributed by atoms with E-state index in [9.17, 15) is 9.59 Å². The Bertz CT molecular complexity index is 1370. The molecule has 0 spiro atoms. The Balaban J connectivity index is 1.79. The quantitative estimate of drug-likeness (QED) is 0.486. The number of H-pyrrole nitrogens is 2. The SMILES string of the molecule is Cc1ccc2c3c([nH]c2c1)C(C)(C)c1cc(-c2ccc(=O)[nH]c2)c(C)cc1C3=O. The summed E-state index contributed by atoms with van der Waals surface area (Å²) in [5, 5.41) is 0.983. The van der Waals surface area contributed by atoms with Gasteiger partial charge in [0.15, 0.2) is 5.78 Å². The van der Waals surface area contributed by atoms with Crippen LogP contribution in [0.4, 0.5) is 0 Å². The first-order chi connectivity index (χ1) is 13.8. The van der Waals surface area contributed by atoms with Crippen molar-refractivity contribution < 1.29 is 4.79 Å². The second kappa shape index (κ2) is 5.80. The number of nitrogens with one attached hydrogen (secondary N) is 2. The molecular formula is C25H22N2O2. The lowest BCUT2D eigenvalue weighted by atomic mass is 9.70. The Morgan fingerprint density at radius 3 is 2.41 bits per heavy atom. The molecule has 0 bridgehead atoms. The summed E-state index contributed by atoms with van der Waals surface area (Å²) in [6.45, 7) is 8.38. The molecule has 0 amide bonds. The number of aromatic amines is 2. The topological polar surface area (TPSA) is 65.7 Å². The number of carbonyl (C=O) groups is 1. The average molecular weight is 382 g/mol. The molecular weight excluding hydrogens is 360 g/mol. The molecule has 1 aliphatic carbocycles. The van der Waals surface area contributed by atoms with Crippen LogP contribution in [0.15, 0.2) is 53.5 Å². The molecule has 0 atom stereocenters. The van der Waals surface area contributed by atoms with Gasteiger partial charge in [-0.15, -0.1) is 0 Å². The normalized spacial score (nSPS) is 14.7. The molecule has 0 fully saturated rings. The Hall–Kier alpha value is -3.40. The zero-order valence-electron chi connectivity index (χ0n) is 16.9. The van der Waals surface area contributed by atoms with E-state index in [0.29, 0.717) is 0 Å². The molecule has 2 heterocycles. The highest BCUT2D eigenvalue weighted by Gasteiger charge is 2.40. The van der Waals surface area contributed by atoms with Crippen molar-refractivity contribution in [2.24, 2.45) is 0 Å². The Morgan fingerprint density at radius 2 is 1.69 bits per heavy atom. The molecule has 4 aromatic rings. The lowest BCUT2D eigenvalue weighted by Crippen LogP contribution is -2.30. The van der Waals surface area contributed by atoms with E-state index in [1.807, 2.05) is 25.1 Å². The number of aromatic nitrogens is 2. The Labute approximate surface area is 168 Å². The van der Waals surface area contributed by atoms with Crippen molar-refractivity contribution in [1.82, 2.24) is 9.97 Å². The number of hydrogen-bond acceptors (Lipinski definition) is 2. The van der Waals surface area contributed by atoms with E-state index >= 15 is 0 Å². The van der Waals surface area contributed by atoms with Crippen molar-refractivity contribution in [3.63, 3.8) is 0 Å². The van der Waals surface area contributed by atoms with Gasteiger partial charge in [-0.1, -0.05) is 26.0 Å². The maximum atomic E-state index is 13.5. The molecule has 0 radical (unpaired) electrons. The minimum Gasteiger partial charge on any atom is -0.357 e. The third-order valence-electron chi connectivity index (χ3n) is 6.18. The second-order valence-corrected chi connectivity index (χ2v) is 8.53. The summed E-state index contributed by atoms with van der Waals surface area (Å²) in [7, 11) is 0. The van der Waals surface area contributed by atoms with Gasteiger partial charge in [-0.3, -0.25) is 9.59 Å². The van der Waals surface area contributed by atoms with Gasteiger partial charge in [0.25, 0.3) is 0 Å². The molecule has 1 aliphatic rings. The summed E-state index contributed by atoms with van der Waals surface area (Å²) < 4.78 is 0. The molecule has 144 valence electrons. The number of hydrogen-bond donors (Lipinski definition) is 2. The zero-order valence-corrected chi connectivity index (χ0v) is 16.9. The Kier molecular flexibility index (Phi) is 3.54. The molecule has 5 rings (SSSR count). The number of carbonyl (C=O) groups excluding carboxylic acids is 1. The van der Waals surface area contributed by atoms with E-state index in [0.717, 1.165) is 55.5 Å². The predicted octanol–water partition coefficient (Wildman–Crippen LogP) is 5.01. The van der Waals surface area contributed by atoms with E-state index in [1.54, 1.807) is 6.20 Å². The summed E-state index contributed by atoms with van der Waals surface area (Å²) in [5.74, 6) is 0.0700. The number of aryl methyl sites for hydroxylation is 2. The number of benzene rings is 2. The van der Waals surface area contributed by atoms with Crippen LogP contribution in [0.3, 0.4) is 0 Å². The molecule has 0 unspecified atom stereocenters. The minimum absolute atomic E-state index is 0.0700. The number of pyridine rings is 1. The summed E-state index contributed by atoms with van der Waals surface area (Å²) in [6, 6.07) is 13.6. The van der Waals surface area contributed by atoms with Gasteiger partial charge in [0.1, 0.15) is 0 Å². The van der Waals surface area contributed by atoms with Gasteiger partial charge in [0.05, 0.1) is 5.56 Å².